The zero-order valence-corrected chi connectivity index (χ0v) is 10.9. The van der Waals surface area contributed by atoms with E-state index in [-0.39, 0.29) is 5.69 Å². The smallest absolute Gasteiger partial charge is 0.358 e. The highest BCUT2D eigenvalue weighted by Gasteiger charge is 2.33. The zero-order chi connectivity index (χ0) is 13.2. The van der Waals surface area contributed by atoms with Crippen LogP contribution in [-0.2, 0) is 4.74 Å². The number of carbonyl (C=O) groups is 1. The van der Waals surface area contributed by atoms with Crippen molar-refractivity contribution < 1.29 is 9.53 Å². The molecule has 3 rings (SSSR count). The third-order valence-corrected chi connectivity index (χ3v) is 3.85. The number of carbonyl (C=O) groups excluding carboxylic acids is 1. The Labute approximate surface area is 112 Å². The van der Waals surface area contributed by atoms with E-state index in [9.17, 15) is 4.79 Å². The number of esters is 1. The molecule has 1 aromatic rings. The minimum Gasteiger partial charge on any atom is -0.464 e. The Morgan fingerprint density at radius 3 is 2.79 bits per heavy atom. The van der Waals surface area contributed by atoms with Crippen LogP contribution in [0.5, 0.6) is 0 Å². The zero-order valence-electron chi connectivity index (χ0n) is 10.9. The predicted octanol–water partition coefficient (Wildman–Crippen LogP) is 0.958. The highest BCUT2D eigenvalue weighted by atomic mass is 16.5. The van der Waals surface area contributed by atoms with Crippen molar-refractivity contribution in [2.24, 2.45) is 0 Å². The first-order valence-electron chi connectivity index (χ1n) is 6.67. The van der Waals surface area contributed by atoms with Gasteiger partial charge in [-0.2, -0.15) is 0 Å². The summed E-state index contributed by atoms with van der Waals surface area (Å²) >= 11 is 0. The first-order valence-corrected chi connectivity index (χ1v) is 6.67. The molecular weight excluding hydrogens is 244 g/mol. The van der Waals surface area contributed by atoms with Crippen LogP contribution in [-0.4, -0.2) is 41.2 Å². The monoisotopic (exact) mass is 262 g/mol. The second-order valence-corrected chi connectivity index (χ2v) is 5.23. The van der Waals surface area contributed by atoms with Crippen LogP contribution in [0.15, 0.2) is 12.4 Å². The van der Waals surface area contributed by atoms with Crippen molar-refractivity contribution in [2.45, 2.75) is 43.8 Å². The molecule has 3 heterocycles. The Hall–Kier alpha value is -1.69. The molecule has 6 heteroatoms. The summed E-state index contributed by atoms with van der Waals surface area (Å²) in [6, 6.07) is 1.64. The van der Waals surface area contributed by atoms with Crippen LogP contribution >= 0.6 is 0 Å². The molecule has 0 saturated carbocycles. The molecule has 0 amide bonds. The fourth-order valence-corrected chi connectivity index (χ4v) is 3.02. The van der Waals surface area contributed by atoms with E-state index in [1.807, 2.05) is 0 Å². The van der Waals surface area contributed by atoms with Gasteiger partial charge in [-0.3, -0.25) is 4.98 Å². The SMILES string of the molecule is COC(=O)c1cncc(NC2CC3CCC(C2)N3)n1. The van der Waals surface area contributed by atoms with Crippen molar-refractivity contribution in [1.29, 1.82) is 0 Å². The molecule has 2 bridgehead atoms. The maximum Gasteiger partial charge on any atom is 0.358 e. The van der Waals surface area contributed by atoms with Gasteiger partial charge in [0.15, 0.2) is 5.69 Å². The molecule has 2 aliphatic rings. The standard InChI is InChI=1S/C13H18N4O2/c1-19-13(18)11-6-14-7-12(17-11)16-10-4-8-2-3-9(5-10)15-8/h6-10,15H,2-5H2,1H3,(H,16,17). The second-order valence-electron chi connectivity index (χ2n) is 5.23. The topological polar surface area (TPSA) is 76.1 Å². The molecule has 2 saturated heterocycles. The van der Waals surface area contributed by atoms with E-state index in [0.717, 1.165) is 12.8 Å². The number of hydrogen-bond donors (Lipinski definition) is 2. The second kappa shape index (κ2) is 5.13. The van der Waals surface area contributed by atoms with Crippen molar-refractivity contribution in [2.75, 3.05) is 12.4 Å². The van der Waals surface area contributed by atoms with E-state index in [0.29, 0.717) is 23.9 Å². The van der Waals surface area contributed by atoms with Crippen LogP contribution in [0.4, 0.5) is 5.82 Å². The molecule has 1 aromatic heterocycles. The average molecular weight is 262 g/mol. The first-order chi connectivity index (χ1) is 9.24. The number of aromatic nitrogens is 2. The summed E-state index contributed by atoms with van der Waals surface area (Å²) in [6.07, 6.45) is 7.79. The van der Waals surface area contributed by atoms with E-state index >= 15 is 0 Å². The number of nitrogens with one attached hydrogen (secondary N) is 2. The van der Waals surface area contributed by atoms with Crippen molar-refractivity contribution in [1.82, 2.24) is 15.3 Å². The normalized spacial score (nSPS) is 29.0. The number of anilines is 1. The minimum absolute atomic E-state index is 0.240. The summed E-state index contributed by atoms with van der Waals surface area (Å²) in [5, 5.41) is 6.97. The van der Waals surface area contributed by atoms with E-state index in [2.05, 4.69) is 25.3 Å². The van der Waals surface area contributed by atoms with Crippen molar-refractivity contribution >= 4 is 11.8 Å². The molecule has 0 aromatic carbocycles. The van der Waals surface area contributed by atoms with E-state index < -0.39 is 5.97 Å². The highest BCUT2D eigenvalue weighted by Crippen LogP contribution is 2.28. The largest absolute Gasteiger partial charge is 0.464 e. The molecule has 102 valence electrons. The number of rotatable bonds is 3. The summed E-state index contributed by atoms with van der Waals surface area (Å²) in [5.41, 5.74) is 0.240. The van der Waals surface area contributed by atoms with Crippen LogP contribution in [0.1, 0.15) is 36.2 Å². The van der Waals surface area contributed by atoms with Crippen molar-refractivity contribution in [3.8, 4) is 0 Å². The van der Waals surface area contributed by atoms with Gasteiger partial charge in [0.2, 0.25) is 0 Å². The van der Waals surface area contributed by atoms with Gasteiger partial charge in [-0.1, -0.05) is 0 Å². The molecule has 6 nitrogen and oxygen atoms in total. The van der Waals surface area contributed by atoms with Gasteiger partial charge in [-0.15, -0.1) is 0 Å². The van der Waals surface area contributed by atoms with Gasteiger partial charge in [-0.05, 0) is 25.7 Å². The number of ether oxygens (including phenoxy) is 1. The summed E-state index contributed by atoms with van der Waals surface area (Å²) in [7, 11) is 1.34. The Kier molecular flexibility index (Phi) is 3.33. The molecule has 2 fully saturated rings. The van der Waals surface area contributed by atoms with Gasteiger partial charge < -0.3 is 15.4 Å². The maximum atomic E-state index is 11.4. The van der Waals surface area contributed by atoms with Crippen LogP contribution in [0.3, 0.4) is 0 Å². The fraction of sp³-hybridized carbons (Fsp3) is 0.615. The summed E-state index contributed by atoms with van der Waals surface area (Å²) in [4.78, 5) is 19.7. The maximum absolute atomic E-state index is 11.4. The molecule has 2 aliphatic heterocycles. The molecule has 2 atom stereocenters. The summed E-state index contributed by atoms with van der Waals surface area (Å²) in [5.74, 6) is 0.190. The van der Waals surface area contributed by atoms with Gasteiger partial charge in [0.1, 0.15) is 5.82 Å². The Bertz CT molecular complexity index is 467. The number of methoxy groups -OCH3 is 1. The van der Waals surface area contributed by atoms with Gasteiger partial charge in [0, 0.05) is 18.1 Å². The third kappa shape index (κ3) is 2.68. The number of piperidine rings is 1. The summed E-state index contributed by atoms with van der Waals surface area (Å²) in [6.45, 7) is 0. The lowest BCUT2D eigenvalue weighted by Crippen LogP contribution is -2.43. The lowest BCUT2D eigenvalue weighted by Gasteiger charge is -2.29. The summed E-state index contributed by atoms with van der Waals surface area (Å²) < 4.78 is 4.65. The van der Waals surface area contributed by atoms with Crippen LogP contribution in [0, 0.1) is 0 Å². The Morgan fingerprint density at radius 1 is 1.37 bits per heavy atom. The van der Waals surface area contributed by atoms with Crippen molar-refractivity contribution in [3.05, 3.63) is 18.1 Å². The van der Waals surface area contributed by atoms with Gasteiger partial charge >= 0.3 is 5.97 Å². The molecular formula is C13H18N4O2. The van der Waals surface area contributed by atoms with Crippen LogP contribution < -0.4 is 10.6 Å². The average Bonchev–Trinajstić information content (AvgIpc) is 2.77. The first kappa shape index (κ1) is 12.3. The van der Waals surface area contributed by atoms with Crippen LogP contribution in [0.2, 0.25) is 0 Å². The van der Waals surface area contributed by atoms with E-state index in [4.69, 9.17) is 0 Å². The molecule has 2 unspecified atom stereocenters. The molecule has 0 spiro atoms. The Balaban J connectivity index is 1.68. The fourth-order valence-electron chi connectivity index (χ4n) is 3.02. The number of hydrogen-bond acceptors (Lipinski definition) is 6. The highest BCUT2D eigenvalue weighted by molar-refractivity contribution is 5.87. The number of fused-ring (bicyclic) bond motifs is 2. The molecule has 19 heavy (non-hydrogen) atoms. The minimum atomic E-state index is -0.457. The van der Waals surface area contributed by atoms with E-state index in [1.54, 1.807) is 6.20 Å². The Morgan fingerprint density at radius 2 is 2.11 bits per heavy atom. The molecule has 2 N–H and O–H groups in total. The van der Waals surface area contributed by atoms with E-state index in [1.165, 1.54) is 26.1 Å². The van der Waals surface area contributed by atoms with Gasteiger partial charge in [-0.25, -0.2) is 9.78 Å². The number of nitrogens with zero attached hydrogens (tertiary/aromatic N) is 2. The lowest BCUT2D eigenvalue weighted by molar-refractivity contribution is 0.0593. The molecule has 0 radical (unpaired) electrons. The quantitative estimate of drug-likeness (QED) is 0.790. The molecule has 0 aliphatic carbocycles. The predicted molar refractivity (Wildman–Crippen MR) is 70.0 cm³/mol. The van der Waals surface area contributed by atoms with Gasteiger partial charge in [0.05, 0.1) is 19.5 Å². The third-order valence-electron chi connectivity index (χ3n) is 3.85. The van der Waals surface area contributed by atoms with Gasteiger partial charge in [0.25, 0.3) is 0 Å². The van der Waals surface area contributed by atoms with Crippen molar-refractivity contribution in [3.63, 3.8) is 0 Å². The van der Waals surface area contributed by atoms with Crippen LogP contribution in [0.25, 0.3) is 0 Å². The lowest BCUT2D eigenvalue weighted by atomic mass is 10.00.